The Morgan fingerprint density at radius 2 is 1.91 bits per heavy atom. The van der Waals surface area contributed by atoms with Gasteiger partial charge in [0.1, 0.15) is 17.4 Å². The van der Waals surface area contributed by atoms with Gasteiger partial charge >= 0.3 is 0 Å². The number of pyridine rings is 1. The fraction of sp³-hybridized carbons (Fsp3) is 0.125. The average molecular weight is 346 g/mol. The molecule has 0 saturated heterocycles. The van der Waals surface area contributed by atoms with Crippen molar-refractivity contribution in [2.45, 2.75) is 11.5 Å². The molecular weight excluding hydrogens is 332 g/mol. The van der Waals surface area contributed by atoms with E-state index < -0.39 is 9.84 Å². The summed E-state index contributed by atoms with van der Waals surface area (Å²) in [6, 6.07) is 8.58. The molecule has 0 unspecified atom stereocenters. The molecule has 0 saturated carbocycles. The van der Waals surface area contributed by atoms with Gasteiger partial charge in [-0.05, 0) is 23.8 Å². The quantitative estimate of drug-likeness (QED) is 0.710. The maximum atomic E-state index is 11.5. The predicted molar refractivity (Wildman–Crippen MR) is 89.2 cm³/mol. The highest BCUT2D eigenvalue weighted by Gasteiger charge is 2.08. The van der Waals surface area contributed by atoms with E-state index in [4.69, 9.17) is 4.74 Å². The van der Waals surface area contributed by atoms with Crippen LogP contribution in [0, 0.1) is 0 Å². The molecule has 7 heteroatoms. The number of benzene rings is 1. The van der Waals surface area contributed by atoms with Gasteiger partial charge in [-0.3, -0.25) is 4.98 Å². The summed E-state index contributed by atoms with van der Waals surface area (Å²) in [5, 5.41) is 2.80. The maximum Gasteiger partial charge on any atom is 0.175 e. The predicted octanol–water partition coefficient (Wildman–Crippen LogP) is 3.19. The molecule has 3 aromatic rings. The van der Waals surface area contributed by atoms with Crippen molar-refractivity contribution >= 4 is 21.2 Å². The van der Waals surface area contributed by atoms with Crippen LogP contribution in [-0.2, 0) is 16.4 Å². The second kappa shape index (κ2) is 6.47. The molecular formula is C16H14N2O3S2. The van der Waals surface area contributed by atoms with Crippen molar-refractivity contribution in [1.29, 1.82) is 0 Å². The first-order valence-electron chi connectivity index (χ1n) is 6.79. The molecule has 0 aliphatic heterocycles. The second-order valence-corrected chi connectivity index (χ2v) is 7.92. The van der Waals surface area contributed by atoms with E-state index in [9.17, 15) is 8.42 Å². The second-order valence-electron chi connectivity index (χ2n) is 4.92. The molecule has 0 spiro atoms. The van der Waals surface area contributed by atoms with Crippen LogP contribution in [-0.4, -0.2) is 24.6 Å². The third kappa shape index (κ3) is 3.94. The maximum absolute atomic E-state index is 11.5. The molecule has 1 aromatic carbocycles. The summed E-state index contributed by atoms with van der Waals surface area (Å²) in [7, 11) is -3.19. The van der Waals surface area contributed by atoms with Crippen molar-refractivity contribution in [2.75, 3.05) is 6.26 Å². The average Bonchev–Trinajstić information content (AvgIpc) is 3.06. The fourth-order valence-electron chi connectivity index (χ4n) is 2.02. The van der Waals surface area contributed by atoms with Crippen LogP contribution in [0.4, 0.5) is 0 Å². The summed E-state index contributed by atoms with van der Waals surface area (Å²) in [6.07, 6.45) is 6.28. The molecule has 118 valence electrons. The lowest BCUT2D eigenvalue weighted by molar-refractivity contribution is 0.304. The van der Waals surface area contributed by atoms with Crippen molar-refractivity contribution in [3.63, 3.8) is 0 Å². The molecule has 5 nitrogen and oxygen atoms in total. The summed E-state index contributed by atoms with van der Waals surface area (Å²) < 4.78 is 28.7. The number of nitrogens with zero attached hydrogens (tertiary/aromatic N) is 2. The third-order valence-electron chi connectivity index (χ3n) is 3.17. The Labute approximate surface area is 138 Å². The largest absolute Gasteiger partial charge is 0.485 e. The van der Waals surface area contributed by atoms with E-state index in [2.05, 4.69) is 9.97 Å². The van der Waals surface area contributed by atoms with Gasteiger partial charge in [0.25, 0.3) is 0 Å². The van der Waals surface area contributed by atoms with Gasteiger partial charge < -0.3 is 4.74 Å². The molecule has 23 heavy (non-hydrogen) atoms. The van der Waals surface area contributed by atoms with Gasteiger partial charge in [0.15, 0.2) is 9.84 Å². The van der Waals surface area contributed by atoms with Crippen molar-refractivity contribution in [2.24, 2.45) is 0 Å². The zero-order valence-corrected chi connectivity index (χ0v) is 14.0. The molecule has 0 bridgehead atoms. The van der Waals surface area contributed by atoms with Gasteiger partial charge in [0, 0.05) is 29.6 Å². The normalized spacial score (nSPS) is 11.3. The van der Waals surface area contributed by atoms with Crippen molar-refractivity contribution in [1.82, 2.24) is 9.97 Å². The highest BCUT2D eigenvalue weighted by atomic mass is 32.2. The summed E-state index contributed by atoms with van der Waals surface area (Å²) in [5.41, 5.74) is 1.74. The first-order valence-corrected chi connectivity index (χ1v) is 9.56. The first kappa shape index (κ1) is 15.6. The number of hydrogen-bond donors (Lipinski definition) is 0. The SMILES string of the molecule is CS(=O)(=O)c1ccc(-c2cncc(OCc3nccs3)c2)cc1. The monoisotopic (exact) mass is 346 g/mol. The zero-order valence-electron chi connectivity index (χ0n) is 12.3. The van der Waals surface area contributed by atoms with E-state index in [0.29, 0.717) is 17.3 Å². The number of aromatic nitrogens is 2. The third-order valence-corrected chi connectivity index (χ3v) is 5.06. The molecule has 0 amide bonds. The van der Waals surface area contributed by atoms with Crippen molar-refractivity contribution in [3.05, 3.63) is 59.3 Å². The summed E-state index contributed by atoms with van der Waals surface area (Å²) in [5.74, 6) is 0.643. The van der Waals surface area contributed by atoms with Gasteiger partial charge in [-0.25, -0.2) is 13.4 Å². The van der Waals surface area contributed by atoms with E-state index >= 15 is 0 Å². The first-order chi connectivity index (χ1) is 11.0. The Bertz CT molecular complexity index is 889. The standard InChI is InChI=1S/C16H14N2O3S2/c1-23(19,20)15-4-2-12(3-5-15)13-8-14(10-17-9-13)21-11-16-18-6-7-22-16/h2-10H,11H2,1H3. The lowest BCUT2D eigenvalue weighted by Crippen LogP contribution is -1.97. The van der Waals surface area contributed by atoms with Crippen LogP contribution < -0.4 is 4.74 Å². The molecule has 2 heterocycles. The van der Waals surface area contributed by atoms with Crippen LogP contribution in [0.15, 0.2) is 59.2 Å². The highest BCUT2D eigenvalue weighted by molar-refractivity contribution is 7.90. The number of hydrogen-bond acceptors (Lipinski definition) is 6. The lowest BCUT2D eigenvalue weighted by atomic mass is 10.1. The number of rotatable bonds is 5. The molecule has 2 aromatic heterocycles. The molecule has 0 N–H and O–H groups in total. The minimum absolute atomic E-state index is 0.297. The van der Waals surface area contributed by atoms with Crippen LogP contribution >= 0.6 is 11.3 Å². The zero-order chi connectivity index (χ0) is 16.3. The Balaban J connectivity index is 1.79. The van der Waals surface area contributed by atoms with Gasteiger partial charge in [-0.2, -0.15) is 0 Å². The molecule has 0 fully saturated rings. The van der Waals surface area contributed by atoms with Gasteiger partial charge in [0.2, 0.25) is 0 Å². The van der Waals surface area contributed by atoms with E-state index in [1.807, 2.05) is 11.4 Å². The highest BCUT2D eigenvalue weighted by Crippen LogP contribution is 2.24. The van der Waals surface area contributed by atoms with E-state index in [1.165, 1.54) is 17.6 Å². The number of ether oxygens (including phenoxy) is 1. The van der Waals surface area contributed by atoms with Gasteiger partial charge in [-0.15, -0.1) is 11.3 Å². The molecule has 0 aliphatic rings. The summed E-state index contributed by atoms with van der Waals surface area (Å²) >= 11 is 1.53. The molecule has 0 radical (unpaired) electrons. The van der Waals surface area contributed by atoms with E-state index in [0.717, 1.165) is 16.1 Å². The molecule has 0 atom stereocenters. The number of thiazole rings is 1. The van der Waals surface area contributed by atoms with E-state index in [1.54, 1.807) is 42.9 Å². The Hall–Kier alpha value is -2.25. The minimum atomic E-state index is -3.19. The van der Waals surface area contributed by atoms with Crippen LogP contribution in [0.1, 0.15) is 5.01 Å². The summed E-state index contributed by atoms with van der Waals surface area (Å²) in [6.45, 7) is 0.399. The lowest BCUT2D eigenvalue weighted by Gasteiger charge is -2.07. The van der Waals surface area contributed by atoms with Crippen molar-refractivity contribution in [3.8, 4) is 16.9 Å². The smallest absolute Gasteiger partial charge is 0.175 e. The van der Waals surface area contributed by atoms with Crippen LogP contribution in [0.2, 0.25) is 0 Å². The van der Waals surface area contributed by atoms with Crippen LogP contribution in [0.25, 0.3) is 11.1 Å². The van der Waals surface area contributed by atoms with Gasteiger partial charge in [0.05, 0.1) is 11.1 Å². The minimum Gasteiger partial charge on any atom is -0.485 e. The van der Waals surface area contributed by atoms with Gasteiger partial charge in [-0.1, -0.05) is 12.1 Å². The van der Waals surface area contributed by atoms with Crippen molar-refractivity contribution < 1.29 is 13.2 Å². The van der Waals surface area contributed by atoms with Crippen LogP contribution in [0.5, 0.6) is 5.75 Å². The molecule has 3 rings (SSSR count). The van der Waals surface area contributed by atoms with E-state index in [-0.39, 0.29) is 0 Å². The summed E-state index contributed by atoms with van der Waals surface area (Å²) in [4.78, 5) is 8.63. The number of sulfone groups is 1. The Morgan fingerprint density at radius 1 is 1.13 bits per heavy atom. The fourth-order valence-corrected chi connectivity index (χ4v) is 3.18. The topological polar surface area (TPSA) is 69.2 Å². The molecule has 0 aliphatic carbocycles. The Kier molecular flexibility index (Phi) is 4.40. The Morgan fingerprint density at radius 3 is 2.57 bits per heavy atom. The van der Waals surface area contributed by atoms with Crippen LogP contribution in [0.3, 0.4) is 0 Å².